The number of benzene rings is 3. The highest BCUT2D eigenvalue weighted by Gasteiger charge is 2.23. The molecule has 6 nitrogen and oxygen atoms in total. The molecule has 0 saturated heterocycles. The van der Waals surface area contributed by atoms with Crippen molar-refractivity contribution in [2.45, 2.75) is 26.0 Å². The van der Waals surface area contributed by atoms with Crippen molar-refractivity contribution >= 4 is 11.6 Å². The molecule has 4 rings (SSSR count). The number of nitrogens with zero attached hydrogens (tertiary/aromatic N) is 3. The molecule has 3 aromatic carbocycles. The number of rotatable bonds is 12. The molecule has 0 spiro atoms. The molecule has 36 heavy (non-hydrogen) atoms. The van der Waals surface area contributed by atoms with Crippen molar-refractivity contribution < 1.29 is 14.6 Å². The molecule has 1 heterocycles. The van der Waals surface area contributed by atoms with Crippen LogP contribution in [0.2, 0.25) is 5.02 Å². The van der Waals surface area contributed by atoms with E-state index < -0.39 is 6.10 Å². The lowest BCUT2D eigenvalue weighted by molar-refractivity contribution is 0.0846. The Kier molecular flexibility index (Phi) is 9.14. The van der Waals surface area contributed by atoms with Crippen LogP contribution in [-0.2, 0) is 17.7 Å². The number of halogens is 1. The average Bonchev–Trinajstić information content (AvgIpc) is 3.19. The highest BCUT2D eigenvalue weighted by Crippen LogP contribution is 2.34. The molecule has 0 bridgehead atoms. The Morgan fingerprint density at radius 2 is 1.64 bits per heavy atom. The van der Waals surface area contributed by atoms with Gasteiger partial charge in [0.1, 0.15) is 5.75 Å². The van der Waals surface area contributed by atoms with Gasteiger partial charge < -0.3 is 14.6 Å². The molecule has 0 aliphatic rings. The van der Waals surface area contributed by atoms with Gasteiger partial charge in [-0.05, 0) is 43.2 Å². The number of methoxy groups -OCH3 is 1. The second kappa shape index (κ2) is 12.7. The molecule has 4 aromatic rings. The van der Waals surface area contributed by atoms with Crippen LogP contribution >= 0.6 is 11.6 Å². The maximum Gasteiger partial charge on any atom is 0.227 e. The van der Waals surface area contributed by atoms with Gasteiger partial charge in [-0.25, -0.2) is 4.68 Å². The van der Waals surface area contributed by atoms with Gasteiger partial charge in [-0.3, -0.25) is 4.90 Å². The Labute approximate surface area is 217 Å². The first-order chi connectivity index (χ1) is 17.5. The summed E-state index contributed by atoms with van der Waals surface area (Å²) in [5.74, 6) is 1.16. The van der Waals surface area contributed by atoms with Crippen molar-refractivity contribution in [2.24, 2.45) is 0 Å². The molecule has 188 valence electrons. The third-order valence-electron chi connectivity index (χ3n) is 5.96. The molecule has 0 saturated carbocycles. The second-order valence-corrected chi connectivity index (χ2v) is 9.13. The summed E-state index contributed by atoms with van der Waals surface area (Å²) >= 11 is 6.44. The van der Waals surface area contributed by atoms with Gasteiger partial charge in [-0.1, -0.05) is 72.3 Å². The predicted molar refractivity (Wildman–Crippen MR) is 143 cm³/mol. The largest absolute Gasteiger partial charge is 0.437 e. The molecule has 0 aliphatic heterocycles. The van der Waals surface area contributed by atoms with E-state index in [1.54, 1.807) is 13.2 Å². The molecule has 1 N–H and O–H groups in total. The zero-order valence-electron chi connectivity index (χ0n) is 20.7. The minimum atomic E-state index is -0.526. The van der Waals surface area contributed by atoms with Gasteiger partial charge in [0, 0.05) is 26.7 Å². The number of aryl methyl sites for hydroxylation is 1. The van der Waals surface area contributed by atoms with Crippen molar-refractivity contribution in [3.05, 3.63) is 107 Å². The van der Waals surface area contributed by atoms with Crippen LogP contribution in [0.4, 0.5) is 0 Å². The number of aliphatic hydroxyl groups is 1. The van der Waals surface area contributed by atoms with E-state index in [1.807, 2.05) is 90.5 Å². The monoisotopic (exact) mass is 505 g/mol. The number of hydrogen-bond acceptors (Lipinski definition) is 5. The number of para-hydroxylation sites is 2. The van der Waals surface area contributed by atoms with E-state index in [4.69, 9.17) is 26.2 Å². The maximum absolute atomic E-state index is 10.9. The summed E-state index contributed by atoms with van der Waals surface area (Å²) in [4.78, 5) is 2.18. The van der Waals surface area contributed by atoms with E-state index >= 15 is 0 Å². The van der Waals surface area contributed by atoms with E-state index in [2.05, 4.69) is 4.90 Å². The fraction of sp³-hybridized carbons (Fsp3) is 0.276. The summed E-state index contributed by atoms with van der Waals surface area (Å²) in [5, 5.41) is 16.2. The van der Waals surface area contributed by atoms with E-state index in [0.29, 0.717) is 49.3 Å². The second-order valence-electron chi connectivity index (χ2n) is 8.72. The first-order valence-electron chi connectivity index (χ1n) is 12.0. The molecule has 0 aliphatic carbocycles. The lowest BCUT2D eigenvalue weighted by atomic mass is 10.1. The molecule has 1 atom stereocenters. The summed E-state index contributed by atoms with van der Waals surface area (Å²) in [5.41, 5.74) is 3.77. The van der Waals surface area contributed by atoms with Gasteiger partial charge in [0.2, 0.25) is 5.88 Å². The van der Waals surface area contributed by atoms with Crippen LogP contribution in [0.25, 0.3) is 5.69 Å². The minimum Gasteiger partial charge on any atom is -0.437 e. The summed E-state index contributed by atoms with van der Waals surface area (Å²) in [7, 11) is 1.68. The third kappa shape index (κ3) is 6.74. The SMILES string of the molecule is COCCN(Cc1c(C)nn(-c2ccccc2)c1Oc1ccccc1Cl)CC(O)Cc1ccccc1. The molecule has 7 heteroatoms. The molecule has 1 unspecified atom stereocenters. The average molecular weight is 506 g/mol. The minimum absolute atomic E-state index is 0.486. The smallest absolute Gasteiger partial charge is 0.227 e. The van der Waals surface area contributed by atoms with Crippen LogP contribution in [0, 0.1) is 6.92 Å². The van der Waals surface area contributed by atoms with E-state index in [9.17, 15) is 5.11 Å². The van der Waals surface area contributed by atoms with Gasteiger partial charge in [-0.15, -0.1) is 0 Å². The molecular weight excluding hydrogens is 474 g/mol. The Balaban J connectivity index is 1.64. The van der Waals surface area contributed by atoms with Gasteiger partial charge >= 0.3 is 0 Å². The first kappa shape index (κ1) is 25.9. The van der Waals surface area contributed by atoms with Crippen LogP contribution in [0.3, 0.4) is 0 Å². The summed E-state index contributed by atoms with van der Waals surface area (Å²) in [6.45, 7) is 4.20. The number of aromatic nitrogens is 2. The number of ether oxygens (including phenoxy) is 2. The van der Waals surface area contributed by atoms with E-state index in [1.165, 1.54) is 0 Å². The fourth-order valence-corrected chi connectivity index (χ4v) is 4.30. The summed E-state index contributed by atoms with van der Waals surface area (Å²) in [6, 6.07) is 27.3. The van der Waals surface area contributed by atoms with Gasteiger partial charge in [0.15, 0.2) is 0 Å². The Hall–Kier alpha value is -3.16. The van der Waals surface area contributed by atoms with Crippen molar-refractivity contribution in [3.63, 3.8) is 0 Å². The van der Waals surface area contributed by atoms with Crippen LogP contribution in [-0.4, -0.2) is 52.7 Å². The Morgan fingerprint density at radius 3 is 2.33 bits per heavy atom. The van der Waals surface area contributed by atoms with Crippen molar-refractivity contribution in [1.29, 1.82) is 0 Å². The Morgan fingerprint density at radius 1 is 0.972 bits per heavy atom. The normalized spacial score (nSPS) is 12.1. The molecule has 1 aromatic heterocycles. The zero-order valence-corrected chi connectivity index (χ0v) is 21.4. The fourth-order valence-electron chi connectivity index (χ4n) is 4.13. The van der Waals surface area contributed by atoms with Crippen LogP contribution < -0.4 is 4.74 Å². The quantitative estimate of drug-likeness (QED) is 0.268. The molecule has 0 amide bonds. The highest BCUT2D eigenvalue weighted by atomic mass is 35.5. The van der Waals surface area contributed by atoms with Crippen LogP contribution in [0.15, 0.2) is 84.9 Å². The summed E-state index contributed by atoms with van der Waals surface area (Å²) < 4.78 is 13.6. The van der Waals surface area contributed by atoms with E-state index in [-0.39, 0.29) is 0 Å². The van der Waals surface area contributed by atoms with E-state index in [0.717, 1.165) is 22.5 Å². The topological polar surface area (TPSA) is 59.8 Å². The molecule has 0 radical (unpaired) electrons. The molecule has 0 fully saturated rings. The number of hydrogen-bond donors (Lipinski definition) is 1. The molecular formula is C29H32ClN3O3. The maximum atomic E-state index is 10.9. The van der Waals surface area contributed by atoms with Crippen molar-refractivity contribution in [2.75, 3.05) is 26.8 Å². The standard InChI is InChI=1S/C29H32ClN3O3/c1-22-26(21-32(17-18-35-2)20-25(34)19-23-11-5-3-6-12-23)29(36-28-16-10-9-15-27(28)30)33(31-22)24-13-7-4-8-14-24/h3-16,25,34H,17-21H2,1-2H3. The van der Waals surface area contributed by atoms with Crippen molar-refractivity contribution in [1.82, 2.24) is 14.7 Å². The first-order valence-corrected chi connectivity index (χ1v) is 12.4. The van der Waals surface area contributed by atoms with Crippen LogP contribution in [0.5, 0.6) is 11.6 Å². The van der Waals surface area contributed by atoms with Gasteiger partial charge in [-0.2, -0.15) is 5.10 Å². The number of aliphatic hydroxyl groups excluding tert-OH is 1. The predicted octanol–water partition coefficient (Wildman–Crippen LogP) is 5.68. The highest BCUT2D eigenvalue weighted by molar-refractivity contribution is 6.32. The Bertz CT molecular complexity index is 1230. The summed E-state index contributed by atoms with van der Waals surface area (Å²) in [6.07, 6.45) is 0.0527. The van der Waals surface area contributed by atoms with Crippen LogP contribution in [0.1, 0.15) is 16.8 Å². The lowest BCUT2D eigenvalue weighted by Gasteiger charge is -2.25. The van der Waals surface area contributed by atoms with Gasteiger partial charge in [0.05, 0.1) is 34.7 Å². The third-order valence-corrected chi connectivity index (χ3v) is 6.27. The zero-order chi connectivity index (χ0) is 25.3. The van der Waals surface area contributed by atoms with Gasteiger partial charge in [0.25, 0.3) is 0 Å². The lowest BCUT2D eigenvalue weighted by Crippen LogP contribution is -2.35. The van der Waals surface area contributed by atoms with Crippen molar-refractivity contribution in [3.8, 4) is 17.3 Å².